The van der Waals surface area contributed by atoms with Gasteiger partial charge in [0.05, 0.1) is 6.61 Å². The van der Waals surface area contributed by atoms with Gasteiger partial charge in [0.25, 0.3) is 0 Å². The number of carbonyl (C=O) groups is 1. The zero-order valence-electron chi connectivity index (χ0n) is 11.0. The number of ether oxygens (including phenoxy) is 1. The van der Waals surface area contributed by atoms with Crippen molar-refractivity contribution in [3.05, 3.63) is 12.2 Å². The smallest absolute Gasteiger partial charge is 0.302 e. The van der Waals surface area contributed by atoms with Crippen LogP contribution in [0.2, 0.25) is 0 Å². The lowest BCUT2D eigenvalue weighted by Gasteiger charge is -2.09. The fourth-order valence-electron chi connectivity index (χ4n) is 1.47. The van der Waals surface area contributed by atoms with E-state index >= 15 is 0 Å². The Morgan fingerprint density at radius 3 is 2.56 bits per heavy atom. The second-order valence-electron chi connectivity index (χ2n) is 4.45. The average Bonchev–Trinajstić information content (AvgIpc) is 2.25. The molecule has 0 fully saturated rings. The molecule has 0 aromatic rings. The second-order valence-corrected chi connectivity index (χ2v) is 4.45. The van der Waals surface area contributed by atoms with Crippen LogP contribution >= 0.6 is 0 Å². The van der Waals surface area contributed by atoms with Crippen molar-refractivity contribution >= 4 is 5.97 Å². The van der Waals surface area contributed by atoms with E-state index in [9.17, 15) is 4.79 Å². The second kappa shape index (κ2) is 10.7. The summed E-state index contributed by atoms with van der Waals surface area (Å²) >= 11 is 0. The molecule has 1 unspecified atom stereocenters. The zero-order valence-corrected chi connectivity index (χ0v) is 11.0. The van der Waals surface area contributed by atoms with E-state index in [1.54, 1.807) is 0 Å². The van der Waals surface area contributed by atoms with Gasteiger partial charge < -0.3 is 4.74 Å². The topological polar surface area (TPSA) is 26.3 Å². The van der Waals surface area contributed by atoms with E-state index in [0.717, 1.165) is 12.8 Å². The molecule has 16 heavy (non-hydrogen) atoms. The van der Waals surface area contributed by atoms with E-state index in [1.165, 1.54) is 32.6 Å². The van der Waals surface area contributed by atoms with Crippen LogP contribution in [0.5, 0.6) is 0 Å². The summed E-state index contributed by atoms with van der Waals surface area (Å²) in [6, 6.07) is 0. The van der Waals surface area contributed by atoms with Crippen molar-refractivity contribution in [3.8, 4) is 0 Å². The van der Waals surface area contributed by atoms with Gasteiger partial charge in [0, 0.05) is 6.92 Å². The predicted octanol–water partition coefficient (Wildman–Crippen LogP) is 4.10. The first-order valence-corrected chi connectivity index (χ1v) is 6.45. The van der Waals surface area contributed by atoms with Crippen LogP contribution in [0, 0.1) is 5.92 Å². The summed E-state index contributed by atoms with van der Waals surface area (Å²) in [5.41, 5.74) is 0. The molecule has 0 aromatic carbocycles. The molecule has 1 atom stereocenters. The number of rotatable bonds is 9. The lowest BCUT2D eigenvalue weighted by molar-refractivity contribution is -0.142. The molecule has 2 heteroatoms. The molecule has 2 nitrogen and oxygen atoms in total. The highest BCUT2D eigenvalue weighted by atomic mass is 16.5. The number of esters is 1. The Hall–Kier alpha value is -0.790. The van der Waals surface area contributed by atoms with Gasteiger partial charge >= 0.3 is 5.97 Å². The molecule has 0 radical (unpaired) electrons. The van der Waals surface area contributed by atoms with Gasteiger partial charge in [-0.2, -0.15) is 0 Å². The van der Waals surface area contributed by atoms with Crippen LogP contribution in [0.1, 0.15) is 59.3 Å². The van der Waals surface area contributed by atoms with Crippen molar-refractivity contribution in [3.63, 3.8) is 0 Å². The lowest BCUT2D eigenvalue weighted by Crippen LogP contribution is -2.08. The monoisotopic (exact) mass is 226 g/mol. The van der Waals surface area contributed by atoms with Crippen LogP contribution < -0.4 is 0 Å². The third kappa shape index (κ3) is 11.3. The Morgan fingerprint density at radius 1 is 1.25 bits per heavy atom. The van der Waals surface area contributed by atoms with Crippen LogP contribution in [-0.2, 0) is 9.53 Å². The lowest BCUT2D eigenvalue weighted by atomic mass is 10.1. The highest BCUT2D eigenvalue weighted by molar-refractivity contribution is 5.65. The van der Waals surface area contributed by atoms with Crippen molar-refractivity contribution in [2.45, 2.75) is 59.3 Å². The molecule has 0 amide bonds. The third-order valence-electron chi connectivity index (χ3n) is 2.54. The normalized spacial score (nSPS) is 12.9. The fourth-order valence-corrected chi connectivity index (χ4v) is 1.47. The molecule has 0 aliphatic heterocycles. The van der Waals surface area contributed by atoms with Crippen LogP contribution in [0.15, 0.2) is 12.2 Å². The molecule has 0 aromatic heterocycles. The number of unbranched alkanes of at least 4 members (excludes halogenated alkanes) is 3. The maximum atomic E-state index is 10.6. The summed E-state index contributed by atoms with van der Waals surface area (Å²) < 4.78 is 4.95. The standard InChI is InChI=1S/C14H26O2/c1-4-5-6-7-8-9-10-11-13(2)12-16-14(3)15/h8-9,13H,4-7,10-12H2,1-3H3/b9-8+. The molecule has 0 saturated carbocycles. The summed E-state index contributed by atoms with van der Waals surface area (Å²) in [6.45, 7) is 6.35. The Labute approximate surface area is 100 Å². The van der Waals surface area contributed by atoms with Crippen molar-refractivity contribution in [1.29, 1.82) is 0 Å². The van der Waals surface area contributed by atoms with Gasteiger partial charge in [-0.3, -0.25) is 4.79 Å². The highest BCUT2D eigenvalue weighted by Crippen LogP contribution is 2.08. The summed E-state index contributed by atoms with van der Waals surface area (Å²) in [5.74, 6) is 0.283. The van der Waals surface area contributed by atoms with Crippen molar-refractivity contribution in [2.24, 2.45) is 5.92 Å². The molecule has 0 N–H and O–H groups in total. The summed E-state index contributed by atoms with van der Waals surface area (Å²) in [5, 5.41) is 0. The molecule has 94 valence electrons. The highest BCUT2D eigenvalue weighted by Gasteiger charge is 2.02. The van der Waals surface area contributed by atoms with Crippen molar-refractivity contribution in [2.75, 3.05) is 6.61 Å². The first-order valence-electron chi connectivity index (χ1n) is 6.45. The Balaban J connectivity index is 3.32. The number of allylic oxidation sites excluding steroid dienone is 2. The molecular weight excluding hydrogens is 200 g/mol. The van der Waals surface area contributed by atoms with E-state index in [1.807, 2.05) is 0 Å². The molecule has 0 rings (SSSR count). The van der Waals surface area contributed by atoms with Crippen molar-refractivity contribution in [1.82, 2.24) is 0 Å². The van der Waals surface area contributed by atoms with Gasteiger partial charge in [0.2, 0.25) is 0 Å². The molecule has 0 saturated heterocycles. The van der Waals surface area contributed by atoms with E-state index in [0.29, 0.717) is 12.5 Å². The minimum absolute atomic E-state index is 0.179. The first-order chi connectivity index (χ1) is 7.66. The fraction of sp³-hybridized carbons (Fsp3) is 0.786. The van der Waals surface area contributed by atoms with E-state index < -0.39 is 0 Å². The largest absolute Gasteiger partial charge is 0.466 e. The van der Waals surface area contributed by atoms with Gasteiger partial charge in [-0.15, -0.1) is 0 Å². The molecular formula is C14H26O2. The van der Waals surface area contributed by atoms with Crippen LogP contribution in [0.3, 0.4) is 0 Å². The molecule has 0 bridgehead atoms. The number of carbonyl (C=O) groups excluding carboxylic acids is 1. The average molecular weight is 226 g/mol. The first kappa shape index (κ1) is 15.2. The molecule has 0 aliphatic carbocycles. The van der Waals surface area contributed by atoms with Gasteiger partial charge in [0.15, 0.2) is 0 Å². The number of hydrogen-bond acceptors (Lipinski definition) is 2. The Kier molecular flexibility index (Phi) is 10.2. The van der Waals surface area contributed by atoms with E-state index in [2.05, 4.69) is 26.0 Å². The number of hydrogen-bond donors (Lipinski definition) is 0. The minimum Gasteiger partial charge on any atom is -0.466 e. The third-order valence-corrected chi connectivity index (χ3v) is 2.54. The molecule has 0 spiro atoms. The summed E-state index contributed by atoms with van der Waals surface area (Å²) in [7, 11) is 0. The van der Waals surface area contributed by atoms with Crippen LogP contribution in [-0.4, -0.2) is 12.6 Å². The van der Waals surface area contributed by atoms with E-state index in [4.69, 9.17) is 4.74 Å². The Bertz CT molecular complexity index is 197. The summed E-state index contributed by atoms with van der Waals surface area (Å²) in [6.07, 6.45) is 11.8. The molecule has 0 aliphatic rings. The molecule has 0 heterocycles. The van der Waals surface area contributed by atoms with E-state index in [-0.39, 0.29) is 5.97 Å². The van der Waals surface area contributed by atoms with Gasteiger partial charge in [-0.05, 0) is 31.6 Å². The minimum atomic E-state index is -0.179. The zero-order chi connectivity index (χ0) is 12.2. The Morgan fingerprint density at radius 2 is 1.94 bits per heavy atom. The van der Waals surface area contributed by atoms with Gasteiger partial charge in [-0.1, -0.05) is 38.8 Å². The van der Waals surface area contributed by atoms with Crippen LogP contribution in [0.4, 0.5) is 0 Å². The van der Waals surface area contributed by atoms with Crippen LogP contribution in [0.25, 0.3) is 0 Å². The SMILES string of the molecule is CCCCC/C=C/CCC(C)COC(C)=O. The van der Waals surface area contributed by atoms with Crippen molar-refractivity contribution < 1.29 is 9.53 Å². The maximum Gasteiger partial charge on any atom is 0.302 e. The predicted molar refractivity (Wildman–Crippen MR) is 68.3 cm³/mol. The quantitative estimate of drug-likeness (QED) is 0.336. The van der Waals surface area contributed by atoms with Gasteiger partial charge in [-0.25, -0.2) is 0 Å². The summed E-state index contributed by atoms with van der Waals surface area (Å²) in [4.78, 5) is 10.6. The maximum absolute atomic E-state index is 10.6. The van der Waals surface area contributed by atoms with Gasteiger partial charge in [0.1, 0.15) is 0 Å².